The molecular formula is C19H17NOS. The van der Waals surface area contributed by atoms with E-state index < -0.39 is 0 Å². The van der Waals surface area contributed by atoms with Gasteiger partial charge in [-0.2, -0.15) is 0 Å². The van der Waals surface area contributed by atoms with Crippen LogP contribution < -0.4 is 0 Å². The highest BCUT2D eigenvalue weighted by Gasteiger charge is 2.46. The standard InChI is InChI=1S/C19H17NOS/c21-14-7-6-12-19(13-14)16-10-4-5-11-17(16)20-18(19)22-15-8-2-1-3-9-15/h1-5,8-11H,6-7,12-13H2/t19-/m0/s1. The van der Waals surface area contributed by atoms with Crippen molar-refractivity contribution in [3.63, 3.8) is 0 Å². The molecule has 1 aliphatic heterocycles. The molecule has 0 saturated heterocycles. The first-order chi connectivity index (χ1) is 10.8. The Labute approximate surface area is 134 Å². The Balaban J connectivity index is 1.78. The Kier molecular flexibility index (Phi) is 3.38. The first kappa shape index (κ1) is 13.8. The zero-order valence-corrected chi connectivity index (χ0v) is 13.1. The second-order valence-corrected chi connectivity index (χ2v) is 7.06. The number of hydrogen-bond donors (Lipinski definition) is 0. The van der Waals surface area contributed by atoms with E-state index in [0.717, 1.165) is 23.6 Å². The maximum Gasteiger partial charge on any atom is 0.134 e. The molecule has 0 bridgehead atoms. The van der Waals surface area contributed by atoms with Gasteiger partial charge in [0.05, 0.1) is 16.1 Å². The fourth-order valence-corrected chi connectivity index (χ4v) is 4.68. The molecule has 1 saturated carbocycles. The zero-order chi connectivity index (χ0) is 15.0. The van der Waals surface area contributed by atoms with Crippen molar-refractivity contribution >= 4 is 28.3 Å². The second kappa shape index (κ2) is 5.40. The highest BCUT2D eigenvalue weighted by Crippen LogP contribution is 2.51. The Hall–Kier alpha value is -1.87. The maximum absolute atomic E-state index is 12.2. The first-order valence-corrected chi connectivity index (χ1v) is 8.53. The molecule has 0 radical (unpaired) electrons. The van der Waals surface area contributed by atoms with Gasteiger partial charge in [-0.3, -0.25) is 4.79 Å². The lowest BCUT2D eigenvalue weighted by molar-refractivity contribution is -0.121. The molecule has 1 aliphatic carbocycles. The number of nitrogens with zero attached hydrogens (tertiary/aromatic N) is 1. The van der Waals surface area contributed by atoms with Crippen LogP contribution in [0.15, 0.2) is 64.5 Å². The third kappa shape index (κ3) is 2.20. The van der Waals surface area contributed by atoms with E-state index >= 15 is 0 Å². The van der Waals surface area contributed by atoms with Crippen molar-refractivity contribution in [3.8, 4) is 0 Å². The number of Topliss-reactive ketones (excluding diaryl/α,β-unsaturated/α-hetero) is 1. The van der Waals surface area contributed by atoms with Crippen LogP contribution in [0.5, 0.6) is 0 Å². The van der Waals surface area contributed by atoms with Gasteiger partial charge in [0.2, 0.25) is 0 Å². The maximum atomic E-state index is 12.2. The Morgan fingerprint density at radius 1 is 1.00 bits per heavy atom. The number of benzene rings is 2. The second-order valence-electron chi connectivity index (χ2n) is 6.00. The number of thioether (sulfide) groups is 1. The predicted octanol–water partition coefficient (Wildman–Crippen LogP) is 4.90. The molecule has 3 heteroatoms. The Morgan fingerprint density at radius 3 is 2.59 bits per heavy atom. The lowest BCUT2D eigenvalue weighted by Crippen LogP contribution is -2.37. The number of para-hydroxylation sites is 1. The molecule has 1 atom stereocenters. The van der Waals surface area contributed by atoms with Crippen molar-refractivity contribution in [2.75, 3.05) is 0 Å². The molecule has 0 unspecified atom stereocenters. The molecule has 22 heavy (non-hydrogen) atoms. The normalized spacial score (nSPS) is 23.5. The van der Waals surface area contributed by atoms with Crippen LogP contribution in [0.25, 0.3) is 0 Å². The molecular weight excluding hydrogens is 290 g/mol. The minimum atomic E-state index is -0.188. The van der Waals surface area contributed by atoms with E-state index in [1.807, 2.05) is 24.3 Å². The van der Waals surface area contributed by atoms with Crippen LogP contribution in [-0.4, -0.2) is 10.8 Å². The van der Waals surface area contributed by atoms with E-state index in [-0.39, 0.29) is 5.41 Å². The van der Waals surface area contributed by atoms with Crippen LogP contribution in [-0.2, 0) is 10.2 Å². The molecule has 1 spiro atoms. The lowest BCUT2D eigenvalue weighted by atomic mass is 9.70. The van der Waals surface area contributed by atoms with Crippen LogP contribution in [0.3, 0.4) is 0 Å². The topological polar surface area (TPSA) is 29.4 Å². The van der Waals surface area contributed by atoms with Gasteiger partial charge in [0.15, 0.2) is 0 Å². The van der Waals surface area contributed by atoms with Crippen LogP contribution in [0.4, 0.5) is 5.69 Å². The number of ketones is 1. The molecule has 0 aromatic heterocycles. The molecule has 2 aromatic rings. The van der Waals surface area contributed by atoms with Crippen molar-refractivity contribution in [1.29, 1.82) is 0 Å². The Bertz CT molecular complexity index is 753. The van der Waals surface area contributed by atoms with E-state index in [0.29, 0.717) is 18.6 Å². The van der Waals surface area contributed by atoms with Gasteiger partial charge >= 0.3 is 0 Å². The largest absolute Gasteiger partial charge is 0.300 e. The molecule has 1 fully saturated rings. The van der Waals surface area contributed by atoms with Crippen molar-refractivity contribution in [3.05, 3.63) is 60.2 Å². The molecule has 4 rings (SSSR count). The van der Waals surface area contributed by atoms with Gasteiger partial charge in [-0.1, -0.05) is 48.2 Å². The number of carbonyl (C=O) groups is 1. The van der Waals surface area contributed by atoms with E-state index in [9.17, 15) is 4.79 Å². The highest BCUT2D eigenvalue weighted by molar-refractivity contribution is 8.14. The summed E-state index contributed by atoms with van der Waals surface area (Å²) in [6.45, 7) is 0. The number of rotatable bonds is 1. The van der Waals surface area contributed by atoms with Crippen molar-refractivity contribution in [1.82, 2.24) is 0 Å². The molecule has 0 N–H and O–H groups in total. The van der Waals surface area contributed by atoms with E-state index in [1.165, 1.54) is 10.5 Å². The van der Waals surface area contributed by atoms with Crippen LogP contribution in [0.2, 0.25) is 0 Å². The van der Waals surface area contributed by atoms with Crippen LogP contribution >= 0.6 is 11.8 Å². The Morgan fingerprint density at radius 2 is 1.77 bits per heavy atom. The first-order valence-electron chi connectivity index (χ1n) is 7.71. The minimum absolute atomic E-state index is 0.188. The molecule has 110 valence electrons. The summed E-state index contributed by atoms with van der Waals surface area (Å²) in [5.74, 6) is 0.365. The summed E-state index contributed by atoms with van der Waals surface area (Å²) in [6.07, 6.45) is 3.30. The summed E-state index contributed by atoms with van der Waals surface area (Å²) in [7, 11) is 0. The predicted molar refractivity (Wildman–Crippen MR) is 91.0 cm³/mol. The summed E-state index contributed by atoms with van der Waals surface area (Å²) >= 11 is 1.71. The third-order valence-electron chi connectivity index (χ3n) is 4.57. The van der Waals surface area contributed by atoms with Crippen molar-refractivity contribution in [2.24, 2.45) is 4.99 Å². The minimum Gasteiger partial charge on any atom is -0.300 e. The number of aliphatic imine (C=N–C) groups is 1. The number of carbonyl (C=O) groups excluding carboxylic acids is 1. The van der Waals surface area contributed by atoms with Gasteiger partial charge < -0.3 is 0 Å². The fraction of sp³-hybridized carbons (Fsp3) is 0.263. The summed E-state index contributed by atoms with van der Waals surface area (Å²) in [5.41, 5.74) is 2.09. The summed E-state index contributed by atoms with van der Waals surface area (Å²) in [6, 6.07) is 18.6. The fourth-order valence-electron chi connectivity index (χ4n) is 3.54. The van der Waals surface area contributed by atoms with Crippen molar-refractivity contribution < 1.29 is 4.79 Å². The smallest absolute Gasteiger partial charge is 0.134 e. The molecule has 2 aliphatic rings. The average molecular weight is 307 g/mol. The lowest BCUT2D eigenvalue weighted by Gasteiger charge is -2.34. The highest BCUT2D eigenvalue weighted by atomic mass is 32.2. The van der Waals surface area contributed by atoms with E-state index in [2.05, 4.69) is 30.3 Å². The summed E-state index contributed by atoms with van der Waals surface area (Å²) in [4.78, 5) is 18.2. The zero-order valence-electron chi connectivity index (χ0n) is 12.3. The number of fused-ring (bicyclic) bond motifs is 2. The van der Waals surface area contributed by atoms with Gasteiger partial charge in [0, 0.05) is 17.7 Å². The van der Waals surface area contributed by atoms with Gasteiger partial charge in [0.25, 0.3) is 0 Å². The van der Waals surface area contributed by atoms with Crippen molar-refractivity contribution in [2.45, 2.75) is 36.0 Å². The van der Waals surface area contributed by atoms with Crippen LogP contribution in [0.1, 0.15) is 31.2 Å². The monoisotopic (exact) mass is 307 g/mol. The summed E-state index contributed by atoms with van der Waals surface area (Å²) in [5, 5.41) is 1.09. The molecule has 0 amide bonds. The third-order valence-corrected chi connectivity index (χ3v) is 5.75. The summed E-state index contributed by atoms with van der Waals surface area (Å²) < 4.78 is 0. The molecule has 1 heterocycles. The average Bonchev–Trinajstić information content (AvgIpc) is 2.82. The molecule has 2 nitrogen and oxygen atoms in total. The van der Waals surface area contributed by atoms with E-state index in [4.69, 9.17) is 4.99 Å². The SMILES string of the molecule is O=C1CCC[C@@]2(C1)C(Sc1ccccc1)=Nc1ccccc12. The quantitative estimate of drug-likeness (QED) is 0.749. The van der Waals surface area contributed by atoms with Crippen LogP contribution in [0, 0.1) is 0 Å². The van der Waals surface area contributed by atoms with Gasteiger partial charge in [-0.25, -0.2) is 4.99 Å². The molecule has 2 aromatic carbocycles. The van der Waals surface area contributed by atoms with E-state index in [1.54, 1.807) is 11.8 Å². The van der Waals surface area contributed by atoms with Gasteiger partial charge in [0.1, 0.15) is 5.78 Å². The number of hydrogen-bond acceptors (Lipinski definition) is 3. The van der Waals surface area contributed by atoms with Gasteiger partial charge in [-0.05, 0) is 36.6 Å². The van der Waals surface area contributed by atoms with Gasteiger partial charge in [-0.15, -0.1) is 0 Å².